The molecule has 0 aliphatic rings. The number of aliphatic carboxylic acids is 1. The predicted octanol–water partition coefficient (Wildman–Crippen LogP) is -0.131. The van der Waals surface area contributed by atoms with Crippen molar-refractivity contribution >= 4 is 17.9 Å². The highest BCUT2D eigenvalue weighted by atomic mass is 17.2. The molecule has 92 valence electrons. The first-order valence-corrected chi connectivity index (χ1v) is 4.47. The Hall–Kier alpha value is -1.63. The van der Waals surface area contributed by atoms with Crippen molar-refractivity contribution < 1.29 is 34.4 Å². The number of carboxylic acids is 1. The van der Waals surface area contributed by atoms with Gasteiger partial charge >= 0.3 is 17.9 Å². The van der Waals surface area contributed by atoms with Gasteiger partial charge in [-0.15, -0.1) is 0 Å². The quantitative estimate of drug-likeness (QED) is 0.516. The molecule has 0 unspecified atom stereocenters. The van der Waals surface area contributed by atoms with Gasteiger partial charge in [0.2, 0.25) is 0 Å². The largest absolute Gasteiger partial charge is 0.481 e. The van der Waals surface area contributed by atoms with Crippen LogP contribution in [0.2, 0.25) is 0 Å². The van der Waals surface area contributed by atoms with Crippen LogP contribution >= 0.6 is 0 Å². The number of hydrogen-bond acceptors (Lipinski definition) is 6. The Morgan fingerprint density at radius 2 is 1.69 bits per heavy atom. The van der Waals surface area contributed by atoms with Gasteiger partial charge in [0, 0.05) is 0 Å². The van der Waals surface area contributed by atoms with E-state index in [2.05, 4.69) is 9.78 Å². The molecule has 7 nitrogen and oxygen atoms in total. The lowest BCUT2D eigenvalue weighted by molar-refractivity contribution is -0.270. The van der Waals surface area contributed by atoms with Crippen molar-refractivity contribution in [3.63, 3.8) is 0 Å². The highest BCUT2D eigenvalue weighted by molar-refractivity contribution is 5.81. The van der Waals surface area contributed by atoms with Crippen LogP contribution in [0, 0.1) is 5.41 Å². The molecule has 0 aromatic heterocycles. The highest BCUT2D eigenvalue weighted by Gasteiger charge is 2.28. The zero-order chi connectivity index (χ0) is 12.9. The Kier molecular flexibility index (Phi) is 4.90. The van der Waals surface area contributed by atoms with Gasteiger partial charge in [-0.25, -0.2) is 19.4 Å². The van der Waals surface area contributed by atoms with Crippen molar-refractivity contribution in [1.82, 2.24) is 0 Å². The molecule has 0 aliphatic carbocycles. The first kappa shape index (κ1) is 14.4. The van der Waals surface area contributed by atoms with Gasteiger partial charge in [-0.2, -0.15) is 0 Å². The number of rotatable bonds is 3. The summed E-state index contributed by atoms with van der Waals surface area (Å²) >= 11 is 0. The van der Waals surface area contributed by atoms with Gasteiger partial charge in [-0.05, 0) is 20.8 Å². The maximum Gasteiger partial charge on any atom is 0.384 e. The lowest BCUT2D eigenvalue weighted by atomic mass is 9.98. The number of hydrogen-bond donors (Lipinski definition) is 2. The average molecular weight is 234 g/mol. The maximum atomic E-state index is 11.1. The molecule has 16 heavy (non-hydrogen) atoms. The standard InChI is InChI=1S/C9H14O7/c1-9(2,3)8(14)16-15-7(13)5(10)4-6(11)12/h5,10H,4H2,1-3H3,(H,11,12)/t5-/m1/s1. The van der Waals surface area contributed by atoms with E-state index in [-0.39, 0.29) is 0 Å². The fourth-order valence-corrected chi connectivity index (χ4v) is 0.508. The molecular formula is C9H14O7. The lowest BCUT2D eigenvalue weighted by Crippen LogP contribution is -2.30. The summed E-state index contributed by atoms with van der Waals surface area (Å²) in [5, 5.41) is 17.2. The second kappa shape index (κ2) is 5.45. The molecule has 2 N–H and O–H groups in total. The first-order valence-electron chi connectivity index (χ1n) is 4.47. The summed E-state index contributed by atoms with van der Waals surface area (Å²) < 4.78 is 0. The number of aliphatic hydroxyl groups excluding tert-OH is 1. The van der Waals surface area contributed by atoms with Gasteiger partial charge in [-0.1, -0.05) is 0 Å². The van der Waals surface area contributed by atoms with Crippen LogP contribution in [0.1, 0.15) is 27.2 Å². The third kappa shape index (κ3) is 5.30. The summed E-state index contributed by atoms with van der Waals surface area (Å²) in [6.45, 7) is 4.62. The van der Waals surface area contributed by atoms with E-state index < -0.39 is 35.8 Å². The summed E-state index contributed by atoms with van der Waals surface area (Å²) in [5.74, 6) is -3.49. The minimum Gasteiger partial charge on any atom is -0.481 e. The number of carboxylic acid groups (broad SMARTS) is 1. The van der Waals surface area contributed by atoms with Crippen LogP contribution in [0.25, 0.3) is 0 Å². The second-order valence-corrected chi connectivity index (χ2v) is 4.14. The molecule has 0 bridgehead atoms. The van der Waals surface area contributed by atoms with Gasteiger partial charge in [-0.3, -0.25) is 4.79 Å². The summed E-state index contributed by atoms with van der Waals surface area (Å²) in [4.78, 5) is 40.3. The van der Waals surface area contributed by atoms with E-state index in [1.165, 1.54) is 20.8 Å². The van der Waals surface area contributed by atoms with Crippen LogP contribution in [-0.2, 0) is 24.2 Å². The normalized spacial score (nSPS) is 12.8. The molecule has 7 heteroatoms. The Labute approximate surface area is 91.9 Å². The van der Waals surface area contributed by atoms with E-state index in [0.717, 1.165) is 0 Å². The third-order valence-electron chi connectivity index (χ3n) is 1.45. The molecule has 0 rings (SSSR count). The first-order chi connectivity index (χ1) is 7.14. The van der Waals surface area contributed by atoms with Crippen LogP contribution in [0.4, 0.5) is 0 Å². The van der Waals surface area contributed by atoms with Crippen LogP contribution in [0.3, 0.4) is 0 Å². The van der Waals surface area contributed by atoms with Crippen LogP contribution in [-0.4, -0.2) is 34.2 Å². The molecule has 0 saturated heterocycles. The third-order valence-corrected chi connectivity index (χ3v) is 1.45. The Bertz CT molecular complexity index is 289. The molecule has 1 atom stereocenters. The molecule has 0 fully saturated rings. The van der Waals surface area contributed by atoms with Crippen molar-refractivity contribution in [2.75, 3.05) is 0 Å². The molecule has 0 saturated carbocycles. The second-order valence-electron chi connectivity index (χ2n) is 4.14. The average Bonchev–Trinajstić information content (AvgIpc) is 2.10. The lowest BCUT2D eigenvalue weighted by Gasteiger charge is -2.14. The SMILES string of the molecule is CC(C)(C)C(=O)OOC(=O)[C@H](O)CC(=O)O. The Morgan fingerprint density at radius 1 is 1.19 bits per heavy atom. The van der Waals surface area contributed by atoms with E-state index >= 15 is 0 Å². The Morgan fingerprint density at radius 3 is 2.06 bits per heavy atom. The monoisotopic (exact) mass is 234 g/mol. The Balaban J connectivity index is 4.08. The minimum absolute atomic E-state index is 0.802. The molecule has 0 aromatic rings. The van der Waals surface area contributed by atoms with Gasteiger partial charge in [0.1, 0.15) is 0 Å². The number of carbonyl (C=O) groups is 3. The van der Waals surface area contributed by atoms with Gasteiger partial charge in [0.05, 0.1) is 11.8 Å². The van der Waals surface area contributed by atoms with E-state index in [9.17, 15) is 14.4 Å². The van der Waals surface area contributed by atoms with Crippen LogP contribution < -0.4 is 0 Å². The van der Waals surface area contributed by atoms with Crippen molar-refractivity contribution in [3.05, 3.63) is 0 Å². The molecule has 0 radical (unpaired) electrons. The fourth-order valence-electron chi connectivity index (χ4n) is 0.508. The van der Waals surface area contributed by atoms with E-state index in [4.69, 9.17) is 10.2 Å². The van der Waals surface area contributed by atoms with Crippen molar-refractivity contribution in [3.8, 4) is 0 Å². The van der Waals surface area contributed by atoms with E-state index in [1.807, 2.05) is 0 Å². The number of carbonyl (C=O) groups excluding carboxylic acids is 2. The molecule has 0 spiro atoms. The van der Waals surface area contributed by atoms with Crippen molar-refractivity contribution in [2.24, 2.45) is 5.41 Å². The molecular weight excluding hydrogens is 220 g/mol. The minimum atomic E-state index is -1.86. The summed E-state index contributed by atoms with van der Waals surface area (Å²) in [5.41, 5.74) is -0.863. The summed E-state index contributed by atoms with van der Waals surface area (Å²) in [7, 11) is 0. The van der Waals surface area contributed by atoms with Gasteiger partial charge in [0.15, 0.2) is 6.10 Å². The zero-order valence-electron chi connectivity index (χ0n) is 9.22. The molecule has 0 aromatic carbocycles. The maximum absolute atomic E-state index is 11.1. The highest BCUT2D eigenvalue weighted by Crippen LogP contribution is 2.15. The molecule has 0 heterocycles. The zero-order valence-corrected chi connectivity index (χ0v) is 9.22. The molecule has 0 aliphatic heterocycles. The van der Waals surface area contributed by atoms with E-state index in [0.29, 0.717) is 0 Å². The smallest absolute Gasteiger partial charge is 0.384 e. The summed E-state index contributed by atoms with van der Waals surface area (Å²) in [6.07, 6.45) is -2.67. The fraction of sp³-hybridized carbons (Fsp3) is 0.667. The number of aliphatic hydroxyl groups is 1. The van der Waals surface area contributed by atoms with Gasteiger partial charge in [0.25, 0.3) is 0 Å². The van der Waals surface area contributed by atoms with Crippen LogP contribution in [0.5, 0.6) is 0 Å². The topological polar surface area (TPSA) is 110 Å². The van der Waals surface area contributed by atoms with E-state index in [1.54, 1.807) is 0 Å². The predicted molar refractivity (Wildman–Crippen MR) is 49.9 cm³/mol. The van der Waals surface area contributed by atoms with Gasteiger partial charge < -0.3 is 10.2 Å². The summed E-state index contributed by atoms with van der Waals surface area (Å²) in [6, 6.07) is 0. The van der Waals surface area contributed by atoms with Crippen LogP contribution in [0.15, 0.2) is 0 Å². The van der Waals surface area contributed by atoms with Crippen molar-refractivity contribution in [2.45, 2.75) is 33.3 Å². The molecule has 0 amide bonds. The van der Waals surface area contributed by atoms with Crippen molar-refractivity contribution in [1.29, 1.82) is 0 Å².